The number of rotatable bonds is 5. The molecule has 0 saturated carbocycles. The summed E-state index contributed by atoms with van der Waals surface area (Å²) in [6.07, 6.45) is 7.32. The Bertz CT molecular complexity index is 481. The normalized spacial score (nSPS) is 24.4. The van der Waals surface area contributed by atoms with E-state index in [1.165, 1.54) is 17.7 Å². The Labute approximate surface area is 139 Å². The van der Waals surface area contributed by atoms with Gasteiger partial charge in [0.2, 0.25) is 0 Å². The highest BCUT2D eigenvalue weighted by atomic mass is 16.5. The predicted molar refractivity (Wildman–Crippen MR) is 90.5 cm³/mol. The topological polar surface area (TPSA) is 50.4 Å². The first-order chi connectivity index (χ1) is 11.0. The SMILES string of the molecule is CC(C)(C)c1[nH]ncc1CN1CCC(OCC2CCCO2)CC1. The zero-order chi connectivity index (χ0) is 16.3. The Hall–Kier alpha value is -0.910. The summed E-state index contributed by atoms with van der Waals surface area (Å²) in [6.45, 7) is 11.6. The van der Waals surface area contributed by atoms with Crippen LogP contribution in [0, 0.1) is 0 Å². The minimum atomic E-state index is 0.120. The first-order valence-corrected chi connectivity index (χ1v) is 9.00. The molecule has 5 heteroatoms. The molecule has 1 aromatic heterocycles. The molecule has 0 amide bonds. The molecule has 2 aliphatic rings. The van der Waals surface area contributed by atoms with Crippen LogP contribution in [0.3, 0.4) is 0 Å². The molecule has 130 valence electrons. The number of aromatic nitrogens is 2. The molecular weight excluding hydrogens is 290 g/mol. The van der Waals surface area contributed by atoms with Crippen molar-refractivity contribution in [1.29, 1.82) is 0 Å². The molecule has 3 heterocycles. The maximum Gasteiger partial charge on any atom is 0.0809 e. The molecular formula is C18H31N3O2. The average molecular weight is 321 g/mol. The van der Waals surface area contributed by atoms with Crippen molar-refractivity contribution in [2.24, 2.45) is 0 Å². The lowest BCUT2D eigenvalue weighted by Crippen LogP contribution is -2.37. The summed E-state index contributed by atoms with van der Waals surface area (Å²) in [5, 5.41) is 7.43. The summed E-state index contributed by atoms with van der Waals surface area (Å²) < 4.78 is 11.7. The second kappa shape index (κ2) is 7.32. The van der Waals surface area contributed by atoms with Gasteiger partial charge in [0.1, 0.15) is 0 Å². The van der Waals surface area contributed by atoms with E-state index in [0.717, 1.165) is 52.1 Å². The molecule has 1 atom stereocenters. The number of likely N-dealkylation sites (tertiary alicyclic amines) is 1. The van der Waals surface area contributed by atoms with Crippen LogP contribution in [0.15, 0.2) is 6.20 Å². The van der Waals surface area contributed by atoms with Gasteiger partial charge in [-0.3, -0.25) is 10.00 Å². The van der Waals surface area contributed by atoms with Gasteiger partial charge >= 0.3 is 0 Å². The molecule has 2 saturated heterocycles. The molecule has 2 aliphatic heterocycles. The Morgan fingerprint density at radius 1 is 1.30 bits per heavy atom. The number of nitrogens with one attached hydrogen (secondary N) is 1. The molecule has 23 heavy (non-hydrogen) atoms. The molecule has 0 aromatic carbocycles. The van der Waals surface area contributed by atoms with E-state index in [-0.39, 0.29) is 5.41 Å². The van der Waals surface area contributed by atoms with Gasteiger partial charge in [0.25, 0.3) is 0 Å². The highest BCUT2D eigenvalue weighted by Gasteiger charge is 2.25. The van der Waals surface area contributed by atoms with Crippen LogP contribution in [0.25, 0.3) is 0 Å². The van der Waals surface area contributed by atoms with Crippen LogP contribution in [0.5, 0.6) is 0 Å². The Kier molecular flexibility index (Phi) is 5.39. The number of aromatic amines is 1. The van der Waals surface area contributed by atoms with Gasteiger partial charge in [0, 0.05) is 42.9 Å². The second-order valence-electron chi connectivity index (χ2n) is 7.96. The van der Waals surface area contributed by atoms with Crippen molar-refractivity contribution in [2.45, 2.75) is 70.6 Å². The quantitative estimate of drug-likeness (QED) is 0.906. The van der Waals surface area contributed by atoms with Crippen LogP contribution in [0.2, 0.25) is 0 Å². The highest BCUT2D eigenvalue weighted by molar-refractivity contribution is 5.23. The van der Waals surface area contributed by atoms with Crippen LogP contribution in [-0.2, 0) is 21.4 Å². The first-order valence-electron chi connectivity index (χ1n) is 9.00. The van der Waals surface area contributed by atoms with Gasteiger partial charge in [-0.2, -0.15) is 5.10 Å². The Morgan fingerprint density at radius 2 is 2.09 bits per heavy atom. The van der Waals surface area contributed by atoms with E-state index in [0.29, 0.717) is 12.2 Å². The number of nitrogens with zero attached hydrogens (tertiary/aromatic N) is 2. The van der Waals surface area contributed by atoms with Crippen molar-refractivity contribution < 1.29 is 9.47 Å². The number of piperidine rings is 1. The van der Waals surface area contributed by atoms with Crippen LogP contribution in [0.4, 0.5) is 0 Å². The zero-order valence-corrected chi connectivity index (χ0v) is 14.8. The van der Waals surface area contributed by atoms with Gasteiger partial charge in [0.05, 0.1) is 25.0 Å². The number of ether oxygens (including phenoxy) is 2. The van der Waals surface area contributed by atoms with E-state index in [1.807, 2.05) is 6.20 Å². The summed E-state index contributed by atoms with van der Waals surface area (Å²) in [5.74, 6) is 0. The van der Waals surface area contributed by atoms with Crippen LogP contribution < -0.4 is 0 Å². The summed E-state index contributed by atoms with van der Waals surface area (Å²) in [4.78, 5) is 2.52. The summed E-state index contributed by atoms with van der Waals surface area (Å²) in [5.41, 5.74) is 2.71. The van der Waals surface area contributed by atoms with Gasteiger partial charge in [-0.15, -0.1) is 0 Å². The average Bonchev–Trinajstić information content (AvgIpc) is 3.17. The lowest BCUT2D eigenvalue weighted by Gasteiger charge is -2.32. The lowest BCUT2D eigenvalue weighted by molar-refractivity contribution is -0.0427. The molecule has 1 unspecified atom stereocenters. The Morgan fingerprint density at radius 3 is 2.74 bits per heavy atom. The third kappa shape index (κ3) is 4.55. The van der Waals surface area contributed by atoms with E-state index in [4.69, 9.17) is 9.47 Å². The molecule has 0 radical (unpaired) electrons. The minimum Gasteiger partial charge on any atom is -0.376 e. The van der Waals surface area contributed by atoms with Crippen molar-refractivity contribution in [3.05, 3.63) is 17.5 Å². The monoisotopic (exact) mass is 321 g/mol. The largest absolute Gasteiger partial charge is 0.376 e. The summed E-state index contributed by atoms with van der Waals surface area (Å²) >= 11 is 0. The number of H-pyrrole nitrogens is 1. The standard InChI is InChI=1S/C18H31N3O2/c1-18(2,3)17-14(11-19-20-17)12-21-8-6-15(7-9-21)23-13-16-5-4-10-22-16/h11,15-16H,4-10,12-13H2,1-3H3,(H,19,20). The first kappa shape index (κ1) is 16.9. The second-order valence-corrected chi connectivity index (χ2v) is 7.96. The maximum absolute atomic E-state index is 6.06. The van der Waals surface area contributed by atoms with E-state index >= 15 is 0 Å². The molecule has 2 fully saturated rings. The third-order valence-electron chi connectivity index (χ3n) is 4.94. The molecule has 5 nitrogen and oxygen atoms in total. The van der Waals surface area contributed by atoms with Gasteiger partial charge in [-0.25, -0.2) is 0 Å². The van der Waals surface area contributed by atoms with E-state index < -0.39 is 0 Å². The third-order valence-corrected chi connectivity index (χ3v) is 4.94. The fourth-order valence-corrected chi connectivity index (χ4v) is 3.57. The van der Waals surface area contributed by atoms with Crippen LogP contribution >= 0.6 is 0 Å². The van der Waals surface area contributed by atoms with Crippen molar-refractivity contribution in [3.8, 4) is 0 Å². The van der Waals surface area contributed by atoms with E-state index in [2.05, 4.69) is 35.9 Å². The number of hydrogen-bond acceptors (Lipinski definition) is 4. The summed E-state index contributed by atoms with van der Waals surface area (Å²) in [6, 6.07) is 0. The van der Waals surface area contributed by atoms with Crippen LogP contribution in [0.1, 0.15) is 57.7 Å². The molecule has 1 N–H and O–H groups in total. The van der Waals surface area contributed by atoms with Crippen LogP contribution in [-0.4, -0.2) is 53.6 Å². The fourth-order valence-electron chi connectivity index (χ4n) is 3.57. The van der Waals surface area contributed by atoms with E-state index in [1.54, 1.807) is 0 Å². The van der Waals surface area contributed by atoms with E-state index in [9.17, 15) is 0 Å². The van der Waals surface area contributed by atoms with Gasteiger partial charge in [0.15, 0.2) is 0 Å². The maximum atomic E-state index is 6.06. The number of hydrogen-bond donors (Lipinski definition) is 1. The van der Waals surface area contributed by atoms with Gasteiger partial charge in [-0.1, -0.05) is 20.8 Å². The minimum absolute atomic E-state index is 0.120. The van der Waals surface area contributed by atoms with Crippen molar-refractivity contribution >= 4 is 0 Å². The zero-order valence-electron chi connectivity index (χ0n) is 14.8. The summed E-state index contributed by atoms with van der Waals surface area (Å²) in [7, 11) is 0. The van der Waals surface area contributed by atoms with Crippen molar-refractivity contribution in [2.75, 3.05) is 26.3 Å². The smallest absolute Gasteiger partial charge is 0.0809 e. The molecule has 0 aliphatic carbocycles. The predicted octanol–water partition coefficient (Wildman–Crippen LogP) is 2.87. The molecule has 0 bridgehead atoms. The molecule has 0 spiro atoms. The van der Waals surface area contributed by atoms with Crippen molar-refractivity contribution in [1.82, 2.24) is 15.1 Å². The van der Waals surface area contributed by atoms with Gasteiger partial charge in [-0.05, 0) is 25.7 Å². The lowest BCUT2D eigenvalue weighted by atomic mass is 9.89. The van der Waals surface area contributed by atoms with Crippen molar-refractivity contribution in [3.63, 3.8) is 0 Å². The van der Waals surface area contributed by atoms with Gasteiger partial charge < -0.3 is 9.47 Å². The highest BCUT2D eigenvalue weighted by Crippen LogP contribution is 2.25. The molecule has 3 rings (SSSR count). The Balaban J connectivity index is 1.43. The fraction of sp³-hybridized carbons (Fsp3) is 0.833. The molecule has 1 aromatic rings.